The zero-order chi connectivity index (χ0) is 12.7. The van der Waals surface area contributed by atoms with E-state index >= 15 is 0 Å². The molecule has 0 aromatic heterocycles. The molecule has 1 aromatic carbocycles. The van der Waals surface area contributed by atoms with E-state index in [2.05, 4.69) is 22.7 Å². The van der Waals surface area contributed by atoms with Gasteiger partial charge in [0.25, 0.3) is 0 Å². The molecule has 0 saturated heterocycles. The highest BCUT2D eigenvalue weighted by Crippen LogP contribution is 2.05. The maximum atomic E-state index is 10.9. The molecular formula is C11H12N4OS. The standard InChI is InChI=1S/C11H12N4OS/c12-10(16)9-5-1-3-8(7-9)4-2-6-14-15-11(13)17/h1-7H,(H2,12,16)(H3,13,15,17)/b4-2+,14-6?. The number of hydrogen-bond donors (Lipinski definition) is 3. The predicted octanol–water partition coefficient (Wildman–Crippen LogP) is 0.618. The summed E-state index contributed by atoms with van der Waals surface area (Å²) in [7, 11) is 0. The van der Waals surface area contributed by atoms with Crippen LogP contribution in [0, 0.1) is 0 Å². The normalized spacial score (nSPS) is 10.8. The van der Waals surface area contributed by atoms with Gasteiger partial charge >= 0.3 is 0 Å². The van der Waals surface area contributed by atoms with Crippen LogP contribution in [0.2, 0.25) is 0 Å². The van der Waals surface area contributed by atoms with Crippen LogP contribution in [-0.2, 0) is 0 Å². The summed E-state index contributed by atoms with van der Waals surface area (Å²) in [5.41, 5.74) is 14.1. The second kappa shape index (κ2) is 6.39. The minimum atomic E-state index is -0.455. The molecule has 0 aliphatic rings. The van der Waals surface area contributed by atoms with Gasteiger partial charge in [-0.1, -0.05) is 18.2 Å². The number of rotatable bonds is 4. The van der Waals surface area contributed by atoms with Crippen molar-refractivity contribution >= 4 is 35.5 Å². The molecule has 0 spiro atoms. The molecule has 88 valence electrons. The van der Waals surface area contributed by atoms with Crippen LogP contribution >= 0.6 is 12.2 Å². The number of thiocarbonyl (C=S) groups is 1. The number of amides is 1. The Bertz CT molecular complexity index is 482. The minimum absolute atomic E-state index is 0.102. The van der Waals surface area contributed by atoms with Crippen LogP contribution in [0.4, 0.5) is 0 Å². The molecule has 6 heteroatoms. The first-order chi connectivity index (χ1) is 8.09. The van der Waals surface area contributed by atoms with Gasteiger partial charge in [0.2, 0.25) is 5.91 Å². The van der Waals surface area contributed by atoms with Crippen molar-refractivity contribution in [2.24, 2.45) is 16.6 Å². The maximum absolute atomic E-state index is 10.9. The smallest absolute Gasteiger partial charge is 0.248 e. The van der Waals surface area contributed by atoms with Crippen molar-refractivity contribution in [3.63, 3.8) is 0 Å². The molecule has 0 bridgehead atoms. The Morgan fingerprint density at radius 2 is 2.18 bits per heavy atom. The summed E-state index contributed by atoms with van der Waals surface area (Å²) < 4.78 is 0. The van der Waals surface area contributed by atoms with Crippen LogP contribution in [0.15, 0.2) is 35.4 Å². The molecule has 17 heavy (non-hydrogen) atoms. The van der Waals surface area contributed by atoms with Crippen molar-refractivity contribution in [1.29, 1.82) is 0 Å². The van der Waals surface area contributed by atoms with E-state index in [1.807, 2.05) is 6.07 Å². The summed E-state index contributed by atoms with van der Waals surface area (Å²) in [5.74, 6) is -0.455. The minimum Gasteiger partial charge on any atom is -0.375 e. The molecule has 0 atom stereocenters. The summed E-state index contributed by atoms with van der Waals surface area (Å²) in [4.78, 5) is 10.9. The number of hydrogen-bond acceptors (Lipinski definition) is 3. The number of benzene rings is 1. The highest BCUT2D eigenvalue weighted by Gasteiger charge is 1.98. The quantitative estimate of drug-likeness (QED) is 0.413. The monoisotopic (exact) mass is 248 g/mol. The van der Waals surface area contributed by atoms with Crippen molar-refractivity contribution in [1.82, 2.24) is 5.43 Å². The van der Waals surface area contributed by atoms with Gasteiger partial charge in [-0.05, 0) is 36.0 Å². The third kappa shape index (κ3) is 4.89. The van der Waals surface area contributed by atoms with E-state index < -0.39 is 5.91 Å². The predicted molar refractivity (Wildman–Crippen MR) is 72.4 cm³/mol. The van der Waals surface area contributed by atoms with Gasteiger partial charge < -0.3 is 11.5 Å². The number of allylic oxidation sites excluding steroid dienone is 1. The van der Waals surface area contributed by atoms with Gasteiger partial charge in [-0.25, -0.2) is 0 Å². The van der Waals surface area contributed by atoms with E-state index in [0.717, 1.165) is 5.56 Å². The molecule has 5 N–H and O–H groups in total. The third-order valence-corrected chi connectivity index (χ3v) is 1.89. The molecule has 1 aromatic rings. The molecule has 0 heterocycles. The summed E-state index contributed by atoms with van der Waals surface area (Å²) in [5, 5.41) is 3.83. The first-order valence-corrected chi connectivity index (χ1v) is 5.15. The van der Waals surface area contributed by atoms with Crippen LogP contribution < -0.4 is 16.9 Å². The lowest BCUT2D eigenvalue weighted by atomic mass is 10.1. The highest BCUT2D eigenvalue weighted by molar-refractivity contribution is 7.80. The van der Waals surface area contributed by atoms with Crippen molar-refractivity contribution in [2.75, 3.05) is 0 Å². The van der Waals surface area contributed by atoms with Crippen molar-refractivity contribution < 1.29 is 4.79 Å². The van der Waals surface area contributed by atoms with Gasteiger partial charge in [0.15, 0.2) is 5.11 Å². The van der Waals surface area contributed by atoms with Gasteiger partial charge in [-0.2, -0.15) is 5.10 Å². The highest BCUT2D eigenvalue weighted by atomic mass is 32.1. The average Bonchev–Trinajstić information content (AvgIpc) is 2.28. The van der Waals surface area contributed by atoms with Gasteiger partial charge in [0.1, 0.15) is 0 Å². The van der Waals surface area contributed by atoms with E-state index in [9.17, 15) is 4.79 Å². The fourth-order valence-electron chi connectivity index (χ4n) is 1.09. The molecule has 0 radical (unpaired) electrons. The molecule has 5 nitrogen and oxygen atoms in total. The lowest BCUT2D eigenvalue weighted by Gasteiger charge is -1.96. The number of primary amides is 1. The lowest BCUT2D eigenvalue weighted by Crippen LogP contribution is -2.23. The lowest BCUT2D eigenvalue weighted by molar-refractivity contribution is 0.100. The Kier molecular flexibility index (Phi) is 4.83. The second-order valence-corrected chi connectivity index (χ2v) is 3.54. The van der Waals surface area contributed by atoms with Gasteiger partial charge in [0.05, 0.1) is 0 Å². The Morgan fingerprint density at radius 3 is 2.82 bits per heavy atom. The third-order valence-electron chi connectivity index (χ3n) is 1.80. The van der Waals surface area contributed by atoms with Crippen LogP contribution in [0.1, 0.15) is 15.9 Å². The fraction of sp³-hybridized carbons (Fsp3) is 0. The number of hydrazone groups is 1. The fourth-order valence-corrected chi connectivity index (χ4v) is 1.15. The molecule has 0 aliphatic carbocycles. The number of nitrogens with one attached hydrogen (secondary N) is 1. The number of carbonyl (C=O) groups excluding carboxylic acids is 1. The Morgan fingerprint density at radius 1 is 1.41 bits per heavy atom. The van der Waals surface area contributed by atoms with Crippen LogP contribution in [0.3, 0.4) is 0 Å². The number of carbonyl (C=O) groups is 1. The van der Waals surface area contributed by atoms with Crippen LogP contribution in [0.25, 0.3) is 6.08 Å². The molecule has 1 rings (SSSR count). The van der Waals surface area contributed by atoms with Gasteiger partial charge in [0, 0.05) is 11.8 Å². The molecule has 0 aliphatic heterocycles. The number of nitrogens with two attached hydrogens (primary N) is 2. The van der Waals surface area contributed by atoms with Gasteiger partial charge in [-0.3, -0.25) is 10.2 Å². The Hall–Kier alpha value is -2.21. The largest absolute Gasteiger partial charge is 0.375 e. The summed E-state index contributed by atoms with van der Waals surface area (Å²) in [6.07, 6.45) is 4.96. The summed E-state index contributed by atoms with van der Waals surface area (Å²) in [6.45, 7) is 0. The summed E-state index contributed by atoms with van der Waals surface area (Å²) >= 11 is 4.56. The molecular weight excluding hydrogens is 236 g/mol. The van der Waals surface area contributed by atoms with Crippen LogP contribution in [-0.4, -0.2) is 17.2 Å². The van der Waals surface area contributed by atoms with Crippen LogP contribution in [0.5, 0.6) is 0 Å². The van der Waals surface area contributed by atoms with Gasteiger partial charge in [-0.15, -0.1) is 0 Å². The zero-order valence-corrected chi connectivity index (χ0v) is 9.78. The van der Waals surface area contributed by atoms with Crippen molar-refractivity contribution in [3.8, 4) is 0 Å². The Labute approximate surface area is 104 Å². The average molecular weight is 248 g/mol. The van der Waals surface area contributed by atoms with E-state index in [-0.39, 0.29) is 5.11 Å². The number of nitrogens with zero attached hydrogens (tertiary/aromatic N) is 1. The molecule has 0 unspecified atom stereocenters. The Balaban J connectivity index is 2.65. The molecule has 0 saturated carbocycles. The summed E-state index contributed by atoms with van der Waals surface area (Å²) in [6, 6.07) is 6.94. The molecule has 1 amide bonds. The zero-order valence-electron chi connectivity index (χ0n) is 8.96. The first kappa shape index (κ1) is 12.9. The van der Waals surface area contributed by atoms with E-state index in [0.29, 0.717) is 5.56 Å². The van der Waals surface area contributed by atoms with Crippen molar-refractivity contribution in [3.05, 3.63) is 41.5 Å². The SMILES string of the molecule is NC(=O)c1cccc(/C=C/C=NNC(N)=S)c1. The van der Waals surface area contributed by atoms with E-state index in [4.69, 9.17) is 11.5 Å². The van der Waals surface area contributed by atoms with E-state index in [1.54, 1.807) is 30.4 Å². The van der Waals surface area contributed by atoms with Crippen molar-refractivity contribution in [2.45, 2.75) is 0 Å². The second-order valence-electron chi connectivity index (χ2n) is 3.10. The first-order valence-electron chi connectivity index (χ1n) is 4.74. The maximum Gasteiger partial charge on any atom is 0.248 e. The topological polar surface area (TPSA) is 93.5 Å². The van der Waals surface area contributed by atoms with E-state index in [1.165, 1.54) is 6.21 Å². The molecule has 0 fully saturated rings.